The fourth-order valence-electron chi connectivity index (χ4n) is 2.89. The first kappa shape index (κ1) is 20.3. The van der Waals surface area contributed by atoms with Crippen molar-refractivity contribution in [3.63, 3.8) is 0 Å². The summed E-state index contributed by atoms with van der Waals surface area (Å²) in [6, 6.07) is -0.0288. The van der Waals surface area contributed by atoms with E-state index in [2.05, 4.69) is 20.8 Å². The van der Waals surface area contributed by atoms with Gasteiger partial charge in [-0.3, -0.25) is 0 Å². The summed E-state index contributed by atoms with van der Waals surface area (Å²) in [5.41, 5.74) is 0.521. The molecule has 0 aromatic carbocycles. The van der Waals surface area contributed by atoms with Crippen LogP contribution in [0.4, 0.5) is 13.2 Å². The Morgan fingerprint density at radius 2 is 2.00 bits per heavy atom. The summed E-state index contributed by atoms with van der Waals surface area (Å²) in [6.45, 7) is 3.86. The molecule has 0 radical (unpaired) electrons. The molecule has 2 rings (SSSR count). The highest BCUT2D eigenvalue weighted by Crippen LogP contribution is 2.32. The molecule has 25 heavy (non-hydrogen) atoms. The van der Waals surface area contributed by atoms with E-state index >= 15 is 0 Å². The summed E-state index contributed by atoms with van der Waals surface area (Å²) in [5.74, 6) is 1.29. The minimum absolute atomic E-state index is 0.0288. The number of allylic oxidation sites excluding steroid dienone is 2. The zero-order valence-electron chi connectivity index (χ0n) is 14.7. The Labute approximate surface area is 154 Å². The lowest BCUT2D eigenvalue weighted by molar-refractivity contribution is -0.164. The van der Waals surface area contributed by atoms with Crippen molar-refractivity contribution in [2.45, 2.75) is 45.3 Å². The van der Waals surface area contributed by atoms with Crippen LogP contribution in [0.1, 0.15) is 33.1 Å². The average molecular weight is 425 g/mol. The lowest BCUT2D eigenvalue weighted by Gasteiger charge is -2.35. The van der Waals surface area contributed by atoms with Crippen LogP contribution in [0.5, 0.6) is 0 Å². The maximum absolute atomic E-state index is 12.6. The minimum Gasteiger partial charge on any atom is -0.481 e. The Hall–Kier alpha value is -1.02. The summed E-state index contributed by atoms with van der Waals surface area (Å²) < 4.78 is 48.9. The molecule has 4 nitrogen and oxygen atoms in total. The molecule has 0 saturated carbocycles. The van der Waals surface area contributed by atoms with Gasteiger partial charge in [0.15, 0.2) is 12.4 Å². The van der Waals surface area contributed by atoms with Gasteiger partial charge >= 0.3 is 6.18 Å². The number of halogens is 4. The Morgan fingerprint density at radius 3 is 2.56 bits per heavy atom. The second-order valence-corrected chi connectivity index (χ2v) is 7.11. The van der Waals surface area contributed by atoms with Gasteiger partial charge in [-0.1, -0.05) is 6.92 Å². The minimum atomic E-state index is -4.39. The summed E-state index contributed by atoms with van der Waals surface area (Å²) in [4.78, 5) is 6.82. The molecule has 0 amide bonds. The predicted molar refractivity (Wildman–Crippen MR) is 94.5 cm³/mol. The van der Waals surface area contributed by atoms with Crippen molar-refractivity contribution in [3.8, 4) is 0 Å². The van der Waals surface area contributed by atoms with Crippen LogP contribution < -0.4 is 0 Å². The molecule has 1 unspecified atom stereocenters. The van der Waals surface area contributed by atoms with Gasteiger partial charge in [-0.2, -0.15) is 13.2 Å². The first-order chi connectivity index (χ1) is 11.7. The largest absolute Gasteiger partial charge is 0.481 e. The highest BCUT2D eigenvalue weighted by atomic mass is 79.9. The number of hydrogen-bond acceptors (Lipinski definition) is 4. The number of rotatable bonds is 4. The molecule has 2 aliphatic rings. The third-order valence-electron chi connectivity index (χ3n) is 4.39. The number of alkyl halides is 3. The van der Waals surface area contributed by atoms with E-state index in [1.165, 1.54) is 0 Å². The molecule has 0 aromatic heterocycles. The SMILES string of the molecule is CCC1=C(OCC(F)(F)F)/C(Br)=C/C(C)N(C)C(C2CCOCC2)=N1. The monoisotopic (exact) mass is 424 g/mol. The Balaban J connectivity index is 2.42. The molecule has 0 aromatic rings. The maximum atomic E-state index is 12.6. The quantitative estimate of drug-likeness (QED) is 0.659. The fourth-order valence-corrected chi connectivity index (χ4v) is 3.62. The first-order valence-electron chi connectivity index (χ1n) is 8.42. The second-order valence-electron chi connectivity index (χ2n) is 6.26. The van der Waals surface area contributed by atoms with E-state index in [0.717, 1.165) is 18.7 Å². The van der Waals surface area contributed by atoms with Gasteiger partial charge in [0, 0.05) is 32.2 Å². The summed E-state index contributed by atoms with van der Waals surface area (Å²) >= 11 is 3.37. The van der Waals surface area contributed by atoms with Gasteiger partial charge in [0.25, 0.3) is 0 Å². The van der Waals surface area contributed by atoms with Crippen LogP contribution in [0.2, 0.25) is 0 Å². The van der Waals surface area contributed by atoms with Gasteiger partial charge < -0.3 is 14.4 Å². The van der Waals surface area contributed by atoms with Crippen LogP contribution in [-0.4, -0.2) is 49.8 Å². The molecule has 8 heteroatoms. The topological polar surface area (TPSA) is 34.1 Å². The Kier molecular flexibility index (Phi) is 6.96. The van der Waals surface area contributed by atoms with Gasteiger partial charge in [-0.05, 0) is 48.2 Å². The molecule has 2 aliphatic heterocycles. The number of amidine groups is 1. The number of aliphatic imine (C=N–C) groups is 1. The highest BCUT2D eigenvalue weighted by molar-refractivity contribution is 9.11. The summed E-state index contributed by atoms with van der Waals surface area (Å²) in [7, 11) is 1.96. The molecule has 1 saturated heterocycles. The van der Waals surface area contributed by atoms with Crippen molar-refractivity contribution in [1.29, 1.82) is 0 Å². The second kappa shape index (κ2) is 8.58. The van der Waals surface area contributed by atoms with Gasteiger partial charge in [0.1, 0.15) is 5.84 Å². The van der Waals surface area contributed by atoms with Crippen molar-refractivity contribution in [2.24, 2.45) is 10.9 Å². The van der Waals surface area contributed by atoms with E-state index in [1.54, 1.807) is 0 Å². The highest BCUT2D eigenvalue weighted by Gasteiger charge is 2.31. The smallest absolute Gasteiger partial charge is 0.422 e. The van der Waals surface area contributed by atoms with E-state index in [9.17, 15) is 13.2 Å². The van der Waals surface area contributed by atoms with Crippen molar-refractivity contribution >= 4 is 21.8 Å². The van der Waals surface area contributed by atoms with E-state index in [0.29, 0.717) is 29.8 Å². The van der Waals surface area contributed by atoms with Crippen LogP contribution >= 0.6 is 15.9 Å². The van der Waals surface area contributed by atoms with Gasteiger partial charge in [0.2, 0.25) is 0 Å². The molecule has 0 spiro atoms. The molecule has 1 atom stereocenters. The fraction of sp³-hybridized carbons (Fsp3) is 0.706. The molecular weight excluding hydrogens is 401 g/mol. The van der Waals surface area contributed by atoms with Crippen LogP contribution in [0, 0.1) is 5.92 Å². The molecular formula is C17H24BrF3N2O2. The standard InChI is InChI=1S/C17H24BrF3N2O2/c1-4-14-15(25-10-17(19,20)21)13(18)9-11(2)23(3)16(22-14)12-5-7-24-8-6-12/h9,11-12H,4-8,10H2,1-3H3/b13-9-,15-14?,22-16?. The number of nitrogens with zero attached hydrogens (tertiary/aromatic N) is 2. The third kappa shape index (κ3) is 5.48. The average Bonchev–Trinajstić information content (AvgIpc) is 2.56. The zero-order chi connectivity index (χ0) is 18.6. The molecule has 2 heterocycles. The number of likely N-dealkylation sites (N-methyl/N-ethyl adjacent to an activating group) is 1. The number of hydrogen-bond donors (Lipinski definition) is 0. The third-order valence-corrected chi connectivity index (χ3v) is 5.01. The van der Waals surface area contributed by atoms with Gasteiger partial charge in [-0.25, -0.2) is 4.99 Å². The normalized spacial score (nSPS) is 25.9. The maximum Gasteiger partial charge on any atom is 0.422 e. The van der Waals surface area contributed by atoms with Crippen LogP contribution in [0.3, 0.4) is 0 Å². The van der Waals surface area contributed by atoms with E-state index in [1.807, 2.05) is 27.0 Å². The van der Waals surface area contributed by atoms with E-state index in [-0.39, 0.29) is 17.7 Å². The summed E-state index contributed by atoms with van der Waals surface area (Å²) in [6.07, 6.45) is -0.343. The molecule has 0 aliphatic carbocycles. The van der Waals surface area contributed by atoms with Crippen LogP contribution in [-0.2, 0) is 9.47 Å². The lowest BCUT2D eigenvalue weighted by atomic mass is 9.96. The molecule has 0 N–H and O–H groups in total. The molecule has 142 valence electrons. The predicted octanol–water partition coefficient (Wildman–Crippen LogP) is 4.62. The van der Waals surface area contributed by atoms with Gasteiger partial charge in [-0.15, -0.1) is 0 Å². The zero-order valence-corrected chi connectivity index (χ0v) is 16.3. The van der Waals surface area contributed by atoms with Crippen LogP contribution in [0.15, 0.2) is 27.0 Å². The van der Waals surface area contributed by atoms with Crippen molar-refractivity contribution in [2.75, 3.05) is 26.9 Å². The van der Waals surface area contributed by atoms with E-state index in [4.69, 9.17) is 14.5 Å². The molecule has 0 bridgehead atoms. The van der Waals surface area contributed by atoms with Gasteiger partial charge in [0.05, 0.1) is 10.2 Å². The van der Waals surface area contributed by atoms with E-state index < -0.39 is 12.8 Å². The Morgan fingerprint density at radius 1 is 1.36 bits per heavy atom. The van der Waals surface area contributed by atoms with Crippen molar-refractivity contribution in [1.82, 2.24) is 4.90 Å². The van der Waals surface area contributed by atoms with Crippen molar-refractivity contribution in [3.05, 3.63) is 22.0 Å². The lowest BCUT2D eigenvalue weighted by Crippen LogP contribution is -2.41. The van der Waals surface area contributed by atoms with Crippen molar-refractivity contribution < 1.29 is 22.6 Å². The summed E-state index contributed by atoms with van der Waals surface area (Å²) in [5, 5.41) is 0. The Bertz CT molecular complexity index is 567. The van der Waals surface area contributed by atoms with Crippen LogP contribution in [0.25, 0.3) is 0 Å². The first-order valence-corrected chi connectivity index (χ1v) is 9.21. The number of ether oxygens (including phenoxy) is 2. The molecule has 1 fully saturated rings.